The molecule has 0 fully saturated rings. The molecule has 3 aromatic heterocycles. The van der Waals surface area contributed by atoms with Crippen molar-refractivity contribution in [1.82, 2.24) is 30.2 Å². The molecule has 0 aliphatic heterocycles. The summed E-state index contributed by atoms with van der Waals surface area (Å²) in [5.41, 5.74) is 3.41. The number of hydrogen-bond acceptors (Lipinski definition) is 9. The molecule has 1 N–H and O–H groups in total. The molecule has 1 atom stereocenters. The molecule has 4 aromatic rings. The first kappa shape index (κ1) is 22.2. The molecule has 0 bridgehead atoms. The number of rotatable bonds is 6. The van der Waals surface area contributed by atoms with E-state index in [0.29, 0.717) is 31.6 Å². The lowest BCUT2D eigenvalue weighted by Gasteiger charge is -2.12. The van der Waals surface area contributed by atoms with Crippen LogP contribution in [0.4, 0.5) is 0 Å². The van der Waals surface area contributed by atoms with E-state index in [1.165, 1.54) is 23.1 Å². The lowest BCUT2D eigenvalue weighted by molar-refractivity contribution is 0.0531. The van der Waals surface area contributed by atoms with Crippen LogP contribution in [0.1, 0.15) is 51.3 Å². The molecule has 0 spiro atoms. The predicted molar refractivity (Wildman–Crippen MR) is 124 cm³/mol. The van der Waals surface area contributed by atoms with Gasteiger partial charge in [-0.2, -0.15) is 4.68 Å². The van der Waals surface area contributed by atoms with Gasteiger partial charge in [-0.15, -0.1) is 16.4 Å². The average molecular weight is 471 g/mol. The van der Waals surface area contributed by atoms with E-state index < -0.39 is 5.97 Å². The van der Waals surface area contributed by atoms with Crippen LogP contribution in [0.3, 0.4) is 0 Å². The highest BCUT2D eigenvalue weighted by Crippen LogP contribution is 2.34. The first-order chi connectivity index (χ1) is 15.3. The topological polar surface area (TPSA) is 116 Å². The predicted octanol–water partition coefficient (Wildman–Crippen LogP) is 3.92. The Kier molecular flexibility index (Phi) is 6.11. The number of H-pyrrole nitrogens is 1. The number of esters is 1. The normalized spacial score (nSPS) is 12.3. The number of tetrazole rings is 1. The maximum absolute atomic E-state index is 12.8. The summed E-state index contributed by atoms with van der Waals surface area (Å²) < 4.78 is 6.78. The highest BCUT2D eigenvalue weighted by Gasteiger charge is 2.23. The van der Waals surface area contributed by atoms with Crippen LogP contribution in [-0.4, -0.2) is 42.8 Å². The molecule has 166 valence electrons. The number of ether oxygens (including phenoxy) is 1. The molecule has 1 aromatic carbocycles. The monoisotopic (exact) mass is 470 g/mol. The third-order valence-electron chi connectivity index (χ3n) is 4.97. The zero-order valence-corrected chi connectivity index (χ0v) is 19.9. The smallest absolute Gasteiger partial charge is 0.348 e. The zero-order chi connectivity index (χ0) is 23.0. The third-order valence-corrected chi connectivity index (χ3v) is 7.18. The zero-order valence-electron chi connectivity index (χ0n) is 18.3. The van der Waals surface area contributed by atoms with E-state index in [1.54, 1.807) is 18.5 Å². The maximum Gasteiger partial charge on any atom is 0.348 e. The van der Waals surface area contributed by atoms with Crippen LogP contribution in [0.25, 0.3) is 15.9 Å². The largest absolute Gasteiger partial charge is 0.462 e. The van der Waals surface area contributed by atoms with Gasteiger partial charge in [0.2, 0.25) is 5.16 Å². The number of carbonyl (C=O) groups is 1. The molecule has 0 aliphatic carbocycles. The van der Waals surface area contributed by atoms with Crippen molar-refractivity contribution in [2.24, 2.45) is 0 Å². The minimum Gasteiger partial charge on any atom is -0.462 e. The lowest BCUT2D eigenvalue weighted by atomic mass is 10.1. The lowest BCUT2D eigenvalue weighted by Crippen LogP contribution is -2.13. The number of thioether (sulfide) groups is 1. The Hall–Kier alpha value is -3.05. The van der Waals surface area contributed by atoms with Crippen molar-refractivity contribution in [1.29, 1.82) is 0 Å². The van der Waals surface area contributed by atoms with E-state index in [1.807, 2.05) is 32.9 Å². The second-order valence-electron chi connectivity index (χ2n) is 7.33. The Labute approximate surface area is 192 Å². The molecule has 0 radical (unpaired) electrons. The van der Waals surface area contributed by atoms with Crippen molar-refractivity contribution in [3.8, 4) is 5.69 Å². The molecule has 4 rings (SSSR count). The fourth-order valence-corrected chi connectivity index (χ4v) is 5.35. The highest BCUT2D eigenvalue weighted by molar-refractivity contribution is 7.99. The van der Waals surface area contributed by atoms with E-state index in [2.05, 4.69) is 31.6 Å². The van der Waals surface area contributed by atoms with Crippen molar-refractivity contribution < 1.29 is 9.53 Å². The average Bonchev–Trinajstić information content (AvgIpc) is 3.32. The van der Waals surface area contributed by atoms with Gasteiger partial charge >= 0.3 is 5.97 Å². The number of aromatic nitrogens is 6. The van der Waals surface area contributed by atoms with Gasteiger partial charge in [-0.1, -0.05) is 29.5 Å². The molecular weight excluding hydrogens is 448 g/mol. The minimum absolute atomic E-state index is 0.240. The molecule has 0 aliphatic rings. The summed E-state index contributed by atoms with van der Waals surface area (Å²) in [5.74, 6) is 0.0448. The second-order valence-corrected chi connectivity index (χ2v) is 9.64. The Morgan fingerprint density at radius 3 is 2.81 bits per heavy atom. The van der Waals surface area contributed by atoms with Crippen LogP contribution < -0.4 is 5.56 Å². The number of aromatic amines is 1. The van der Waals surface area contributed by atoms with Gasteiger partial charge in [0.15, 0.2) is 0 Å². The summed E-state index contributed by atoms with van der Waals surface area (Å²) in [5, 5.41) is 12.9. The van der Waals surface area contributed by atoms with Gasteiger partial charge in [0.25, 0.3) is 5.56 Å². The second kappa shape index (κ2) is 8.83. The Bertz CT molecular complexity index is 1370. The van der Waals surface area contributed by atoms with Gasteiger partial charge in [-0.05, 0) is 62.2 Å². The Morgan fingerprint density at radius 2 is 2.09 bits per heavy atom. The third kappa shape index (κ3) is 4.05. The number of thiophene rings is 1. The number of hydrogen-bond donors (Lipinski definition) is 1. The molecule has 11 heteroatoms. The molecule has 0 saturated carbocycles. The summed E-state index contributed by atoms with van der Waals surface area (Å²) >= 11 is 2.56. The van der Waals surface area contributed by atoms with Crippen molar-refractivity contribution in [2.45, 2.75) is 45.0 Å². The molecule has 0 saturated heterocycles. The quantitative estimate of drug-likeness (QED) is 0.333. The molecule has 1 unspecified atom stereocenters. The number of benzene rings is 1. The van der Waals surface area contributed by atoms with Crippen molar-refractivity contribution in [3.63, 3.8) is 0 Å². The number of carbonyl (C=O) groups excluding carboxylic acids is 1. The SMILES string of the molecule is CCOC(=O)c1sc2nc(C(C)Sc3nnnn3-c3ccc(C)cc3C)[nH]c(=O)c2c1C. The van der Waals surface area contributed by atoms with Crippen molar-refractivity contribution in [2.75, 3.05) is 6.61 Å². The van der Waals surface area contributed by atoms with Gasteiger partial charge in [0, 0.05) is 0 Å². The summed E-state index contributed by atoms with van der Waals surface area (Å²) in [4.78, 5) is 33.4. The van der Waals surface area contributed by atoms with Gasteiger partial charge in [0.05, 0.1) is 22.9 Å². The highest BCUT2D eigenvalue weighted by atomic mass is 32.2. The van der Waals surface area contributed by atoms with Crippen LogP contribution in [0, 0.1) is 20.8 Å². The van der Waals surface area contributed by atoms with Gasteiger partial charge in [0.1, 0.15) is 15.5 Å². The van der Waals surface area contributed by atoms with E-state index >= 15 is 0 Å². The molecular formula is C21H22N6O3S2. The fraction of sp³-hybridized carbons (Fsp3) is 0.333. The summed E-state index contributed by atoms with van der Waals surface area (Å²) in [6.45, 7) is 9.71. The van der Waals surface area contributed by atoms with E-state index in [-0.39, 0.29) is 17.4 Å². The fourth-order valence-electron chi connectivity index (χ4n) is 3.40. The van der Waals surface area contributed by atoms with Crippen LogP contribution in [-0.2, 0) is 4.74 Å². The first-order valence-corrected chi connectivity index (χ1v) is 11.7. The summed E-state index contributed by atoms with van der Waals surface area (Å²) in [6.07, 6.45) is 0. The van der Waals surface area contributed by atoms with Crippen molar-refractivity contribution in [3.05, 3.63) is 55.9 Å². The van der Waals surface area contributed by atoms with E-state index in [0.717, 1.165) is 16.8 Å². The van der Waals surface area contributed by atoms with E-state index in [4.69, 9.17) is 4.74 Å². The number of fused-ring (bicyclic) bond motifs is 1. The summed E-state index contributed by atoms with van der Waals surface area (Å²) in [7, 11) is 0. The van der Waals surface area contributed by atoms with Crippen LogP contribution in [0.15, 0.2) is 28.2 Å². The summed E-state index contributed by atoms with van der Waals surface area (Å²) in [6, 6.07) is 6.06. The number of aryl methyl sites for hydroxylation is 3. The minimum atomic E-state index is -0.441. The van der Waals surface area contributed by atoms with Crippen LogP contribution in [0.2, 0.25) is 0 Å². The standard InChI is InChI=1S/C21H22N6O3S2/c1-6-30-20(29)16-12(4)15-18(28)22-17(23-19(15)32-16)13(5)31-21-24-25-26-27(21)14-8-7-10(2)9-11(14)3/h7-9,13H,6H2,1-5H3,(H,22,23,28). The first-order valence-electron chi connectivity index (χ1n) is 10.0. The van der Waals surface area contributed by atoms with E-state index in [9.17, 15) is 9.59 Å². The van der Waals surface area contributed by atoms with Gasteiger partial charge < -0.3 is 9.72 Å². The molecule has 32 heavy (non-hydrogen) atoms. The van der Waals surface area contributed by atoms with Gasteiger partial charge in [-0.3, -0.25) is 4.79 Å². The number of nitrogens with zero attached hydrogens (tertiary/aromatic N) is 5. The molecule has 0 amide bonds. The Balaban J connectivity index is 1.67. The number of nitrogens with one attached hydrogen (secondary N) is 1. The van der Waals surface area contributed by atoms with Crippen molar-refractivity contribution >= 4 is 39.3 Å². The van der Waals surface area contributed by atoms with Crippen LogP contribution in [0.5, 0.6) is 0 Å². The van der Waals surface area contributed by atoms with Gasteiger partial charge in [-0.25, -0.2) is 9.78 Å². The Morgan fingerprint density at radius 1 is 1.31 bits per heavy atom. The molecule has 3 heterocycles. The molecule has 9 nitrogen and oxygen atoms in total. The maximum atomic E-state index is 12.8. The van der Waals surface area contributed by atoms with Crippen LogP contribution >= 0.6 is 23.1 Å².